The van der Waals surface area contributed by atoms with Crippen LogP contribution in [0.2, 0.25) is 10.0 Å². The largest absolute Gasteiger partial charge is 0.326 e. The molecule has 1 aliphatic rings. The van der Waals surface area contributed by atoms with Gasteiger partial charge in [-0.05, 0) is 53.6 Å². The first kappa shape index (κ1) is 27.9. The van der Waals surface area contributed by atoms with Gasteiger partial charge in [0.25, 0.3) is 0 Å². The molecule has 2 amide bonds. The first-order chi connectivity index (χ1) is 18.1. The molecule has 0 aliphatic carbocycles. The van der Waals surface area contributed by atoms with E-state index in [1.54, 1.807) is 29.2 Å². The number of rotatable bonds is 7. The molecule has 11 heteroatoms. The predicted octanol–water partition coefficient (Wildman–Crippen LogP) is 5.15. The fourth-order valence-electron chi connectivity index (χ4n) is 4.29. The van der Waals surface area contributed by atoms with Crippen LogP contribution in [-0.4, -0.2) is 69.2 Å². The van der Waals surface area contributed by atoms with Crippen LogP contribution in [0.15, 0.2) is 66.7 Å². The van der Waals surface area contributed by atoms with Gasteiger partial charge in [0.1, 0.15) is 0 Å². The molecule has 0 saturated carbocycles. The van der Waals surface area contributed by atoms with Crippen LogP contribution in [0.5, 0.6) is 0 Å². The van der Waals surface area contributed by atoms with Crippen molar-refractivity contribution >= 4 is 50.6 Å². The quantitative estimate of drug-likeness (QED) is 0.423. The molecule has 1 heterocycles. The maximum atomic E-state index is 13.4. The molecule has 1 aliphatic heterocycles. The lowest BCUT2D eigenvalue weighted by Gasteiger charge is -2.34. The van der Waals surface area contributed by atoms with E-state index < -0.39 is 10.0 Å². The topological polar surface area (TPSA) is 96.8 Å². The second-order valence-electron chi connectivity index (χ2n) is 8.98. The normalized spacial score (nSPS) is 14.6. The number of amides is 2. The van der Waals surface area contributed by atoms with Gasteiger partial charge in [0.15, 0.2) is 0 Å². The van der Waals surface area contributed by atoms with Crippen LogP contribution in [0.25, 0.3) is 11.1 Å². The van der Waals surface area contributed by atoms with E-state index in [1.807, 2.05) is 42.5 Å². The van der Waals surface area contributed by atoms with Gasteiger partial charge in [-0.15, -0.1) is 0 Å². The lowest BCUT2D eigenvalue weighted by atomic mass is 10.0. The highest BCUT2D eigenvalue weighted by Crippen LogP contribution is 2.26. The van der Waals surface area contributed by atoms with E-state index in [1.165, 1.54) is 10.6 Å². The SMILES string of the molecule is CS(=O)(=O)N1CCN(CCN(C(=O)Nc2cc(Cl)cc(Cl)c2)c2ccc(-c3cccc(C#N)c3)cc2)CC1. The molecular formula is C27H27Cl2N5O3S. The minimum absolute atomic E-state index is 0.350. The summed E-state index contributed by atoms with van der Waals surface area (Å²) >= 11 is 12.2. The van der Waals surface area contributed by atoms with Gasteiger partial charge in [-0.3, -0.25) is 9.80 Å². The standard InChI is InChI=1S/C27H27Cl2N5O3S/c1-38(36,37)33-12-9-32(10-13-33)11-14-34(27(35)31-25-17-23(28)16-24(29)18-25)26-7-5-21(6-8-26)22-4-2-3-20(15-22)19-30/h2-8,15-18H,9-14H2,1H3,(H,31,35). The minimum Gasteiger partial charge on any atom is -0.307 e. The zero-order valence-corrected chi connectivity index (χ0v) is 23.1. The average Bonchev–Trinajstić information content (AvgIpc) is 2.88. The summed E-state index contributed by atoms with van der Waals surface area (Å²) in [5.74, 6) is 0. The van der Waals surface area contributed by atoms with Crippen molar-refractivity contribution in [1.29, 1.82) is 5.26 Å². The van der Waals surface area contributed by atoms with E-state index >= 15 is 0 Å². The fourth-order valence-corrected chi connectivity index (χ4v) is 5.65. The second kappa shape index (κ2) is 12.2. The number of carbonyl (C=O) groups excluding carboxylic acids is 1. The first-order valence-electron chi connectivity index (χ1n) is 11.9. The van der Waals surface area contributed by atoms with Crippen LogP contribution in [0.1, 0.15) is 5.56 Å². The van der Waals surface area contributed by atoms with Crippen molar-refractivity contribution in [1.82, 2.24) is 9.21 Å². The van der Waals surface area contributed by atoms with Gasteiger partial charge in [-0.2, -0.15) is 9.57 Å². The molecule has 0 radical (unpaired) electrons. The number of sulfonamides is 1. The van der Waals surface area contributed by atoms with Crippen molar-refractivity contribution in [2.24, 2.45) is 0 Å². The van der Waals surface area contributed by atoms with Crippen LogP contribution in [0.3, 0.4) is 0 Å². The van der Waals surface area contributed by atoms with Crippen molar-refractivity contribution in [3.63, 3.8) is 0 Å². The van der Waals surface area contributed by atoms with Gasteiger partial charge < -0.3 is 5.32 Å². The Morgan fingerprint density at radius 1 is 0.974 bits per heavy atom. The highest BCUT2D eigenvalue weighted by atomic mass is 35.5. The van der Waals surface area contributed by atoms with Gasteiger partial charge >= 0.3 is 6.03 Å². The summed E-state index contributed by atoms with van der Waals surface area (Å²) in [7, 11) is -3.22. The Kier molecular flexibility index (Phi) is 8.92. The Balaban J connectivity index is 1.53. The molecule has 1 saturated heterocycles. The van der Waals surface area contributed by atoms with Crippen LogP contribution < -0.4 is 10.2 Å². The smallest absolute Gasteiger partial charge is 0.307 e. The number of nitriles is 1. The molecule has 0 spiro atoms. The van der Waals surface area contributed by atoms with Gasteiger partial charge in [0.2, 0.25) is 10.0 Å². The van der Waals surface area contributed by atoms with Crippen molar-refractivity contribution < 1.29 is 13.2 Å². The molecule has 4 rings (SSSR count). The summed E-state index contributed by atoms with van der Waals surface area (Å²) in [6.45, 7) is 2.95. The summed E-state index contributed by atoms with van der Waals surface area (Å²) in [5.41, 5.74) is 3.56. The molecule has 38 heavy (non-hydrogen) atoms. The lowest BCUT2D eigenvalue weighted by molar-refractivity contribution is 0.192. The Morgan fingerprint density at radius 2 is 1.63 bits per heavy atom. The third-order valence-electron chi connectivity index (χ3n) is 6.30. The van der Waals surface area contributed by atoms with Crippen molar-refractivity contribution in [3.05, 3.63) is 82.3 Å². The number of nitrogens with zero attached hydrogens (tertiary/aromatic N) is 4. The highest BCUT2D eigenvalue weighted by Gasteiger charge is 2.24. The van der Waals surface area contributed by atoms with Gasteiger partial charge in [-0.25, -0.2) is 13.2 Å². The van der Waals surface area contributed by atoms with Gasteiger partial charge in [0, 0.05) is 60.7 Å². The number of hydrogen-bond acceptors (Lipinski definition) is 5. The second-order valence-corrected chi connectivity index (χ2v) is 11.8. The molecule has 0 atom stereocenters. The third-order valence-corrected chi connectivity index (χ3v) is 8.04. The highest BCUT2D eigenvalue weighted by molar-refractivity contribution is 7.88. The predicted molar refractivity (Wildman–Crippen MR) is 152 cm³/mol. The fraction of sp³-hybridized carbons (Fsp3) is 0.259. The van der Waals surface area contributed by atoms with Crippen molar-refractivity contribution in [2.45, 2.75) is 0 Å². The Bertz CT molecular complexity index is 1430. The summed E-state index contributed by atoms with van der Waals surface area (Å²) < 4.78 is 25.1. The molecule has 0 bridgehead atoms. The number of nitrogens with one attached hydrogen (secondary N) is 1. The molecule has 8 nitrogen and oxygen atoms in total. The van der Waals surface area contributed by atoms with E-state index in [0.717, 1.165) is 11.1 Å². The van der Waals surface area contributed by atoms with E-state index in [9.17, 15) is 18.5 Å². The molecular weight excluding hydrogens is 545 g/mol. The molecule has 3 aromatic carbocycles. The number of halogens is 2. The lowest BCUT2D eigenvalue weighted by Crippen LogP contribution is -2.50. The van der Waals surface area contributed by atoms with Crippen molar-refractivity contribution in [3.8, 4) is 17.2 Å². The number of carbonyl (C=O) groups is 1. The minimum atomic E-state index is -3.22. The maximum absolute atomic E-state index is 13.4. The van der Waals surface area contributed by atoms with Crippen LogP contribution in [-0.2, 0) is 10.0 Å². The zero-order valence-electron chi connectivity index (χ0n) is 20.8. The number of hydrogen-bond donors (Lipinski definition) is 1. The Labute approximate surface area is 233 Å². The average molecular weight is 573 g/mol. The van der Waals surface area contributed by atoms with Gasteiger partial charge in [-0.1, -0.05) is 47.5 Å². The summed E-state index contributed by atoms with van der Waals surface area (Å²) in [4.78, 5) is 17.2. The molecule has 198 valence electrons. The van der Waals surface area contributed by atoms with Crippen LogP contribution >= 0.6 is 23.2 Å². The maximum Gasteiger partial charge on any atom is 0.326 e. The van der Waals surface area contributed by atoms with Crippen LogP contribution in [0.4, 0.5) is 16.2 Å². The molecule has 0 aromatic heterocycles. The molecule has 3 aromatic rings. The summed E-state index contributed by atoms with van der Waals surface area (Å²) in [5, 5.41) is 12.9. The summed E-state index contributed by atoms with van der Waals surface area (Å²) in [6.07, 6.45) is 1.22. The Hall–Kier alpha value is -3.13. The van der Waals surface area contributed by atoms with Crippen molar-refractivity contribution in [2.75, 3.05) is 55.7 Å². The van der Waals surface area contributed by atoms with E-state index in [0.29, 0.717) is 66.3 Å². The number of benzene rings is 3. The third kappa shape index (κ3) is 7.25. The molecule has 1 N–H and O–H groups in total. The first-order valence-corrected chi connectivity index (χ1v) is 14.6. The van der Waals surface area contributed by atoms with Crippen LogP contribution in [0, 0.1) is 11.3 Å². The molecule has 0 unspecified atom stereocenters. The van der Waals surface area contributed by atoms with E-state index in [2.05, 4.69) is 16.3 Å². The van der Waals surface area contributed by atoms with Gasteiger partial charge in [0.05, 0.1) is 17.9 Å². The number of urea groups is 1. The number of piperazine rings is 1. The monoisotopic (exact) mass is 571 g/mol. The van der Waals surface area contributed by atoms with E-state index in [-0.39, 0.29) is 6.03 Å². The van der Waals surface area contributed by atoms with E-state index in [4.69, 9.17) is 23.2 Å². The molecule has 1 fully saturated rings. The Morgan fingerprint density at radius 3 is 2.24 bits per heavy atom. The zero-order chi connectivity index (χ0) is 27.3. The number of anilines is 2. The summed E-state index contributed by atoms with van der Waals surface area (Å²) in [6, 6.07) is 21.5.